The van der Waals surface area contributed by atoms with E-state index in [0.29, 0.717) is 0 Å². The van der Waals surface area contributed by atoms with Gasteiger partial charge in [0.05, 0.1) is 0 Å². The molecule has 0 fully saturated rings. The fraction of sp³-hybridized carbons (Fsp3) is 0.600. The first-order valence-corrected chi connectivity index (χ1v) is 3.13. The van der Waals surface area contributed by atoms with Crippen LogP contribution in [0, 0.1) is 12.2 Å². The number of rotatable bonds is 1. The third-order valence-corrected chi connectivity index (χ3v) is 1.37. The molecule has 0 saturated carbocycles. The number of carbonyl (C=O) groups is 1. The lowest BCUT2D eigenvalue weighted by molar-refractivity contribution is -0.113. The summed E-state index contributed by atoms with van der Waals surface area (Å²) in [7, 11) is 0. The highest BCUT2D eigenvalue weighted by atomic mass is 32.2. The molecular formula is C5H9OS. The Kier molecular flexibility index (Phi) is 3.09. The quantitative estimate of drug-likeness (QED) is 0.520. The summed E-state index contributed by atoms with van der Waals surface area (Å²) in [5, 5.41) is 0.153. The Bertz CT molecular complexity index is 68.5. The minimum Gasteiger partial charge on any atom is -0.287 e. The van der Waals surface area contributed by atoms with Crippen molar-refractivity contribution >= 4 is 16.9 Å². The Morgan fingerprint density at radius 2 is 2.14 bits per heavy atom. The van der Waals surface area contributed by atoms with E-state index in [2.05, 4.69) is 6.26 Å². The van der Waals surface area contributed by atoms with Crippen molar-refractivity contribution in [2.75, 3.05) is 0 Å². The standard InChI is InChI=1S/C5H9OS/c1-4(2)5(6)7-3/h4H,3H2,1-2H3. The Balaban J connectivity index is 3.35. The van der Waals surface area contributed by atoms with Crippen LogP contribution in [0.2, 0.25) is 0 Å². The van der Waals surface area contributed by atoms with Gasteiger partial charge >= 0.3 is 0 Å². The van der Waals surface area contributed by atoms with Crippen molar-refractivity contribution in [3.63, 3.8) is 0 Å². The van der Waals surface area contributed by atoms with Gasteiger partial charge in [-0.2, -0.15) is 0 Å². The zero-order valence-corrected chi connectivity index (χ0v) is 5.42. The Morgan fingerprint density at radius 1 is 1.71 bits per heavy atom. The maximum absolute atomic E-state index is 10.4. The van der Waals surface area contributed by atoms with Crippen molar-refractivity contribution in [2.45, 2.75) is 13.8 Å². The molecule has 0 aromatic heterocycles. The number of hydrogen-bond acceptors (Lipinski definition) is 2. The van der Waals surface area contributed by atoms with E-state index in [4.69, 9.17) is 0 Å². The molecule has 2 heteroatoms. The largest absolute Gasteiger partial charge is 0.287 e. The van der Waals surface area contributed by atoms with E-state index in [0.717, 1.165) is 11.8 Å². The SMILES string of the molecule is [CH2]SC(=O)C(C)C. The van der Waals surface area contributed by atoms with Gasteiger partial charge < -0.3 is 0 Å². The predicted molar refractivity (Wildman–Crippen MR) is 32.8 cm³/mol. The van der Waals surface area contributed by atoms with Gasteiger partial charge in [-0.05, 0) is 0 Å². The van der Waals surface area contributed by atoms with Gasteiger partial charge in [0.2, 0.25) is 0 Å². The van der Waals surface area contributed by atoms with Crippen molar-refractivity contribution in [3.8, 4) is 0 Å². The fourth-order valence-electron chi connectivity index (χ4n) is 0.167. The van der Waals surface area contributed by atoms with Crippen LogP contribution in [0.3, 0.4) is 0 Å². The van der Waals surface area contributed by atoms with E-state index in [9.17, 15) is 4.79 Å². The van der Waals surface area contributed by atoms with E-state index in [1.807, 2.05) is 13.8 Å². The Morgan fingerprint density at radius 3 is 2.14 bits per heavy atom. The first-order valence-electron chi connectivity index (χ1n) is 2.14. The maximum Gasteiger partial charge on any atom is 0.191 e. The molecular weight excluding hydrogens is 108 g/mol. The minimum atomic E-state index is 0.127. The van der Waals surface area contributed by atoms with Gasteiger partial charge in [-0.25, -0.2) is 0 Å². The van der Waals surface area contributed by atoms with Crippen LogP contribution in [0.25, 0.3) is 0 Å². The third kappa shape index (κ3) is 2.68. The van der Waals surface area contributed by atoms with Crippen LogP contribution in [-0.2, 0) is 4.79 Å². The molecule has 0 bridgehead atoms. The summed E-state index contributed by atoms with van der Waals surface area (Å²) in [4.78, 5) is 10.4. The smallest absolute Gasteiger partial charge is 0.191 e. The zero-order valence-electron chi connectivity index (χ0n) is 4.60. The molecule has 0 aromatic carbocycles. The van der Waals surface area contributed by atoms with Gasteiger partial charge in [0.25, 0.3) is 0 Å². The summed E-state index contributed by atoms with van der Waals surface area (Å²) >= 11 is 1.04. The van der Waals surface area contributed by atoms with Crippen LogP contribution in [-0.4, -0.2) is 5.12 Å². The van der Waals surface area contributed by atoms with Gasteiger partial charge in [-0.3, -0.25) is 4.79 Å². The molecule has 1 radical (unpaired) electrons. The number of carbonyl (C=O) groups excluding carboxylic acids is 1. The molecule has 0 amide bonds. The topological polar surface area (TPSA) is 17.1 Å². The summed E-state index contributed by atoms with van der Waals surface area (Å²) in [6, 6.07) is 0. The van der Waals surface area contributed by atoms with E-state index >= 15 is 0 Å². The lowest BCUT2D eigenvalue weighted by atomic mass is 10.3. The summed E-state index contributed by atoms with van der Waals surface area (Å²) in [5.41, 5.74) is 0. The number of hydrogen-bond donors (Lipinski definition) is 0. The molecule has 0 heterocycles. The molecule has 0 rings (SSSR count). The van der Waals surface area contributed by atoms with Crippen molar-refractivity contribution in [3.05, 3.63) is 6.26 Å². The zero-order chi connectivity index (χ0) is 5.86. The van der Waals surface area contributed by atoms with E-state index < -0.39 is 0 Å². The second-order valence-electron chi connectivity index (χ2n) is 1.62. The molecule has 0 N–H and O–H groups in total. The highest BCUT2D eigenvalue weighted by Crippen LogP contribution is 2.06. The van der Waals surface area contributed by atoms with Crippen LogP contribution < -0.4 is 0 Å². The van der Waals surface area contributed by atoms with Gasteiger partial charge in [0.15, 0.2) is 5.12 Å². The molecule has 1 nitrogen and oxygen atoms in total. The third-order valence-electron chi connectivity index (χ3n) is 0.614. The first kappa shape index (κ1) is 7.02. The highest BCUT2D eigenvalue weighted by Gasteiger charge is 2.01. The Hall–Kier alpha value is 0.0200. The molecule has 7 heavy (non-hydrogen) atoms. The van der Waals surface area contributed by atoms with Gasteiger partial charge in [0, 0.05) is 12.2 Å². The van der Waals surface area contributed by atoms with E-state index in [1.165, 1.54) is 0 Å². The predicted octanol–water partition coefficient (Wildman–Crippen LogP) is 1.69. The molecule has 0 atom stereocenters. The molecule has 0 spiro atoms. The molecule has 0 unspecified atom stereocenters. The van der Waals surface area contributed by atoms with Crippen LogP contribution in [0.5, 0.6) is 0 Å². The summed E-state index contributed by atoms with van der Waals surface area (Å²) in [5.74, 6) is 0.127. The fourth-order valence-corrected chi connectivity index (χ4v) is 0.500. The highest BCUT2D eigenvalue weighted by molar-refractivity contribution is 8.14. The van der Waals surface area contributed by atoms with Crippen LogP contribution in [0.4, 0.5) is 0 Å². The van der Waals surface area contributed by atoms with Crippen LogP contribution >= 0.6 is 11.8 Å². The van der Waals surface area contributed by atoms with Crippen molar-refractivity contribution in [2.24, 2.45) is 5.92 Å². The average Bonchev–Trinajstić information content (AvgIpc) is 1.65. The summed E-state index contributed by atoms with van der Waals surface area (Å²) in [6.45, 7) is 3.72. The molecule has 0 aromatic rings. The van der Waals surface area contributed by atoms with Crippen molar-refractivity contribution in [1.82, 2.24) is 0 Å². The second kappa shape index (κ2) is 3.08. The van der Waals surface area contributed by atoms with E-state index in [1.54, 1.807) is 0 Å². The van der Waals surface area contributed by atoms with Crippen molar-refractivity contribution in [1.29, 1.82) is 0 Å². The summed E-state index contributed by atoms with van der Waals surface area (Å²) < 4.78 is 0. The summed E-state index contributed by atoms with van der Waals surface area (Å²) in [6.07, 6.45) is 3.37. The second-order valence-corrected chi connectivity index (χ2v) is 2.31. The van der Waals surface area contributed by atoms with Crippen molar-refractivity contribution < 1.29 is 4.79 Å². The molecule has 0 aliphatic heterocycles. The number of thioether (sulfide) groups is 1. The normalized spacial score (nSPS) is 9.71. The van der Waals surface area contributed by atoms with Gasteiger partial charge in [0.1, 0.15) is 0 Å². The van der Waals surface area contributed by atoms with Crippen LogP contribution in [0.15, 0.2) is 0 Å². The minimum absolute atomic E-state index is 0.127. The van der Waals surface area contributed by atoms with Gasteiger partial charge in [-0.15, -0.1) is 0 Å². The lowest BCUT2D eigenvalue weighted by Crippen LogP contribution is -1.98. The maximum atomic E-state index is 10.4. The van der Waals surface area contributed by atoms with Crippen LogP contribution in [0.1, 0.15) is 13.8 Å². The molecule has 0 saturated heterocycles. The first-order chi connectivity index (χ1) is 3.18. The monoisotopic (exact) mass is 117 g/mol. The Labute approximate surface area is 48.5 Å². The van der Waals surface area contributed by atoms with Gasteiger partial charge in [-0.1, -0.05) is 25.6 Å². The molecule has 0 aliphatic carbocycles. The average molecular weight is 117 g/mol. The lowest BCUT2D eigenvalue weighted by Gasteiger charge is -1.95. The van der Waals surface area contributed by atoms with E-state index in [-0.39, 0.29) is 11.0 Å². The molecule has 41 valence electrons. The molecule has 0 aliphatic rings.